The molecule has 0 fully saturated rings. The van der Waals surface area contributed by atoms with Crippen LogP contribution in [0.25, 0.3) is 0 Å². The molecular formula is C8H19N. The molecule has 0 aliphatic rings. The smallest absolute Gasteiger partial charge is 0.00407 e. The zero-order valence-electron chi connectivity index (χ0n) is 7.28. The summed E-state index contributed by atoms with van der Waals surface area (Å²) >= 11 is 0. The van der Waals surface area contributed by atoms with Crippen LogP contribution >= 0.6 is 0 Å². The third-order valence-electron chi connectivity index (χ3n) is 1.41. The lowest BCUT2D eigenvalue weighted by molar-refractivity contribution is 0.328. The van der Waals surface area contributed by atoms with Gasteiger partial charge in [-0.1, -0.05) is 20.8 Å². The first-order valence-corrected chi connectivity index (χ1v) is 3.63. The monoisotopic (exact) mass is 129 g/mol. The topological polar surface area (TPSA) is 12.0 Å². The van der Waals surface area contributed by atoms with Crippen molar-refractivity contribution in [3.8, 4) is 0 Å². The Balaban J connectivity index is 3.47. The van der Waals surface area contributed by atoms with Gasteiger partial charge in [-0.25, -0.2) is 0 Å². The summed E-state index contributed by atoms with van der Waals surface area (Å²) in [6.07, 6.45) is 1.24. The van der Waals surface area contributed by atoms with E-state index in [0.29, 0.717) is 11.5 Å². The van der Waals surface area contributed by atoms with E-state index in [-0.39, 0.29) is 0 Å². The Morgan fingerprint density at radius 3 is 1.89 bits per heavy atom. The normalized spacial score (nSPS) is 15.7. The third-order valence-corrected chi connectivity index (χ3v) is 1.41. The van der Waals surface area contributed by atoms with Crippen LogP contribution in [0.3, 0.4) is 0 Å². The van der Waals surface area contributed by atoms with Gasteiger partial charge in [0.1, 0.15) is 0 Å². The highest BCUT2D eigenvalue weighted by Gasteiger charge is 2.12. The lowest BCUT2D eigenvalue weighted by atomic mass is 9.89. The van der Waals surface area contributed by atoms with Crippen LogP contribution in [0, 0.1) is 5.41 Å². The second kappa shape index (κ2) is 3.21. The van der Waals surface area contributed by atoms with Crippen LogP contribution in [0.5, 0.6) is 0 Å². The molecule has 0 heterocycles. The lowest BCUT2D eigenvalue weighted by Gasteiger charge is -2.22. The molecule has 0 aromatic carbocycles. The molecule has 0 aliphatic heterocycles. The SMILES string of the molecule is CN[C@@H](C)CC(C)(C)C. The minimum atomic E-state index is 0.461. The van der Waals surface area contributed by atoms with Gasteiger partial charge in [0, 0.05) is 6.04 Å². The van der Waals surface area contributed by atoms with E-state index in [4.69, 9.17) is 0 Å². The molecule has 0 aromatic rings. The van der Waals surface area contributed by atoms with Gasteiger partial charge in [-0.05, 0) is 25.8 Å². The van der Waals surface area contributed by atoms with Crippen LogP contribution in [0.15, 0.2) is 0 Å². The summed E-state index contributed by atoms with van der Waals surface area (Å²) < 4.78 is 0. The van der Waals surface area contributed by atoms with Crippen LogP contribution in [-0.2, 0) is 0 Å². The van der Waals surface area contributed by atoms with E-state index < -0.39 is 0 Å². The molecule has 9 heavy (non-hydrogen) atoms. The van der Waals surface area contributed by atoms with Gasteiger partial charge >= 0.3 is 0 Å². The highest BCUT2D eigenvalue weighted by atomic mass is 14.9. The Morgan fingerprint density at radius 2 is 1.78 bits per heavy atom. The number of hydrogen-bond acceptors (Lipinski definition) is 1. The second-order valence-electron chi connectivity index (χ2n) is 3.95. The quantitative estimate of drug-likeness (QED) is 0.601. The maximum Gasteiger partial charge on any atom is 0.00407 e. The molecule has 1 heteroatoms. The lowest BCUT2D eigenvalue weighted by Crippen LogP contribution is -2.26. The van der Waals surface area contributed by atoms with Crippen LogP contribution < -0.4 is 5.32 Å². The molecule has 0 aromatic heterocycles. The molecule has 0 spiro atoms. The highest BCUT2D eigenvalue weighted by Crippen LogP contribution is 2.19. The summed E-state index contributed by atoms with van der Waals surface area (Å²) in [6.45, 7) is 9.01. The van der Waals surface area contributed by atoms with E-state index >= 15 is 0 Å². The number of nitrogens with one attached hydrogen (secondary N) is 1. The van der Waals surface area contributed by atoms with Crippen LogP contribution in [0.4, 0.5) is 0 Å². The van der Waals surface area contributed by atoms with Gasteiger partial charge in [-0.3, -0.25) is 0 Å². The van der Waals surface area contributed by atoms with Crippen molar-refractivity contribution < 1.29 is 0 Å². The Bertz CT molecular complexity index is 71.1. The maximum absolute atomic E-state index is 3.22. The van der Waals surface area contributed by atoms with Crippen LogP contribution in [-0.4, -0.2) is 13.1 Å². The Labute approximate surface area is 58.8 Å². The Kier molecular flexibility index (Phi) is 3.20. The van der Waals surface area contributed by atoms with Gasteiger partial charge in [0.05, 0.1) is 0 Å². The standard InChI is InChI=1S/C8H19N/c1-7(9-5)6-8(2,3)4/h7,9H,6H2,1-5H3/t7-/m0/s1. The fourth-order valence-electron chi connectivity index (χ4n) is 1.02. The molecule has 56 valence electrons. The van der Waals surface area contributed by atoms with Crippen molar-refractivity contribution in [3.05, 3.63) is 0 Å². The average Bonchev–Trinajstić information content (AvgIpc) is 1.62. The van der Waals surface area contributed by atoms with Gasteiger partial charge in [-0.15, -0.1) is 0 Å². The van der Waals surface area contributed by atoms with Crippen molar-refractivity contribution >= 4 is 0 Å². The summed E-state index contributed by atoms with van der Waals surface area (Å²) in [7, 11) is 2.01. The average molecular weight is 129 g/mol. The molecule has 0 saturated heterocycles. The van der Waals surface area contributed by atoms with E-state index in [2.05, 4.69) is 33.0 Å². The van der Waals surface area contributed by atoms with Crippen molar-refractivity contribution in [1.82, 2.24) is 5.32 Å². The summed E-state index contributed by atoms with van der Waals surface area (Å²) in [5.74, 6) is 0. The highest BCUT2D eigenvalue weighted by molar-refractivity contribution is 4.68. The molecule has 0 bridgehead atoms. The molecule has 0 radical (unpaired) electrons. The molecule has 1 N–H and O–H groups in total. The summed E-state index contributed by atoms with van der Waals surface area (Å²) in [6, 6.07) is 0.644. The molecule has 1 nitrogen and oxygen atoms in total. The second-order valence-corrected chi connectivity index (χ2v) is 3.95. The first kappa shape index (κ1) is 8.96. The first-order valence-electron chi connectivity index (χ1n) is 3.63. The van der Waals surface area contributed by atoms with Crippen molar-refractivity contribution in [2.45, 2.75) is 40.2 Å². The zero-order valence-corrected chi connectivity index (χ0v) is 7.28. The van der Waals surface area contributed by atoms with E-state index in [0.717, 1.165) is 0 Å². The van der Waals surface area contributed by atoms with E-state index in [1.807, 2.05) is 7.05 Å². The van der Waals surface area contributed by atoms with Gasteiger partial charge < -0.3 is 5.32 Å². The molecule has 0 unspecified atom stereocenters. The third kappa shape index (κ3) is 5.84. The minimum Gasteiger partial charge on any atom is -0.317 e. The maximum atomic E-state index is 3.22. The summed E-state index contributed by atoms with van der Waals surface area (Å²) in [5, 5.41) is 3.22. The minimum absolute atomic E-state index is 0.461. The summed E-state index contributed by atoms with van der Waals surface area (Å²) in [4.78, 5) is 0. The largest absolute Gasteiger partial charge is 0.317 e. The molecule has 1 atom stereocenters. The van der Waals surface area contributed by atoms with Crippen molar-refractivity contribution in [2.75, 3.05) is 7.05 Å². The molecular weight excluding hydrogens is 110 g/mol. The van der Waals surface area contributed by atoms with Gasteiger partial charge in [-0.2, -0.15) is 0 Å². The first-order chi connectivity index (χ1) is 3.95. The van der Waals surface area contributed by atoms with Crippen LogP contribution in [0.1, 0.15) is 34.1 Å². The van der Waals surface area contributed by atoms with Crippen molar-refractivity contribution in [2.24, 2.45) is 5.41 Å². The van der Waals surface area contributed by atoms with E-state index in [9.17, 15) is 0 Å². The molecule has 0 rings (SSSR count). The predicted octanol–water partition coefficient (Wildman–Crippen LogP) is 2.03. The number of hydrogen-bond donors (Lipinski definition) is 1. The zero-order chi connectivity index (χ0) is 7.49. The summed E-state index contributed by atoms with van der Waals surface area (Å²) in [5.41, 5.74) is 0.461. The van der Waals surface area contributed by atoms with E-state index in [1.165, 1.54) is 6.42 Å². The van der Waals surface area contributed by atoms with Crippen molar-refractivity contribution in [3.63, 3.8) is 0 Å². The van der Waals surface area contributed by atoms with Gasteiger partial charge in [0.15, 0.2) is 0 Å². The Hall–Kier alpha value is -0.0400. The fourth-order valence-corrected chi connectivity index (χ4v) is 1.02. The Morgan fingerprint density at radius 1 is 1.33 bits per heavy atom. The molecule has 0 saturated carbocycles. The van der Waals surface area contributed by atoms with Gasteiger partial charge in [0.25, 0.3) is 0 Å². The molecule has 0 aliphatic carbocycles. The van der Waals surface area contributed by atoms with E-state index in [1.54, 1.807) is 0 Å². The van der Waals surface area contributed by atoms with Crippen LogP contribution in [0.2, 0.25) is 0 Å². The van der Waals surface area contributed by atoms with Crippen molar-refractivity contribution in [1.29, 1.82) is 0 Å². The fraction of sp³-hybridized carbons (Fsp3) is 1.00. The number of rotatable bonds is 2. The molecule has 0 amide bonds. The van der Waals surface area contributed by atoms with Gasteiger partial charge in [0.2, 0.25) is 0 Å². The predicted molar refractivity (Wildman–Crippen MR) is 42.6 cm³/mol.